The summed E-state index contributed by atoms with van der Waals surface area (Å²) in [6.07, 6.45) is -0.141. The van der Waals surface area contributed by atoms with Crippen molar-refractivity contribution in [3.05, 3.63) is 54.1 Å². The quantitative estimate of drug-likeness (QED) is 0.837. The zero-order valence-electron chi connectivity index (χ0n) is 14.1. The first-order valence-corrected chi connectivity index (χ1v) is 9.56. The number of carbonyl (C=O) groups is 2. The van der Waals surface area contributed by atoms with Gasteiger partial charge in [0.2, 0.25) is 5.91 Å². The number of nitrogens with one attached hydrogen (secondary N) is 1. The number of fused-ring (bicyclic) bond motifs is 1. The van der Waals surface area contributed by atoms with Crippen molar-refractivity contribution in [3.8, 4) is 5.75 Å². The highest BCUT2D eigenvalue weighted by Gasteiger charge is 2.40. The molecule has 2 aromatic carbocycles. The minimum absolute atomic E-state index is 0.0187. The second-order valence-corrected chi connectivity index (χ2v) is 7.47. The highest BCUT2D eigenvalue weighted by atomic mass is 32.2. The van der Waals surface area contributed by atoms with Crippen LogP contribution < -0.4 is 10.1 Å². The lowest BCUT2D eigenvalue weighted by Crippen LogP contribution is -2.33. The number of hydrogen-bond acceptors (Lipinski definition) is 5. The lowest BCUT2D eigenvalue weighted by atomic mass is 10.2. The van der Waals surface area contributed by atoms with Crippen LogP contribution in [0.2, 0.25) is 0 Å². The topological polar surface area (TPSA) is 92.8 Å². The summed E-state index contributed by atoms with van der Waals surface area (Å²) in [5.41, 5.74) is 0.678. The van der Waals surface area contributed by atoms with Gasteiger partial charge in [-0.1, -0.05) is 18.2 Å². The summed E-state index contributed by atoms with van der Waals surface area (Å²) in [5, 5.41) is 2.68. The number of anilines is 1. The van der Waals surface area contributed by atoms with Gasteiger partial charge in [-0.3, -0.25) is 9.59 Å². The van der Waals surface area contributed by atoms with Crippen LogP contribution in [0.15, 0.2) is 53.4 Å². The van der Waals surface area contributed by atoms with E-state index in [1.165, 1.54) is 12.1 Å². The zero-order chi connectivity index (χ0) is 18.7. The van der Waals surface area contributed by atoms with Crippen molar-refractivity contribution in [2.24, 2.45) is 0 Å². The van der Waals surface area contributed by atoms with Crippen LogP contribution in [0.5, 0.6) is 5.75 Å². The predicted octanol–water partition coefficient (Wildman–Crippen LogP) is 2.26. The maximum atomic E-state index is 12.4. The van der Waals surface area contributed by atoms with E-state index in [-0.39, 0.29) is 23.4 Å². The van der Waals surface area contributed by atoms with Crippen LogP contribution >= 0.6 is 0 Å². The van der Waals surface area contributed by atoms with E-state index in [4.69, 9.17) is 4.74 Å². The fourth-order valence-electron chi connectivity index (χ4n) is 2.71. The first-order valence-electron chi connectivity index (χ1n) is 8.12. The molecule has 1 aliphatic heterocycles. The van der Waals surface area contributed by atoms with Crippen LogP contribution in [0.1, 0.15) is 23.7 Å². The molecule has 1 heterocycles. The molecule has 7 nitrogen and oxygen atoms in total. The summed E-state index contributed by atoms with van der Waals surface area (Å²) < 4.78 is 31.0. The number of carbonyl (C=O) groups excluding carboxylic acids is 2. The summed E-state index contributed by atoms with van der Waals surface area (Å²) in [6, 6.07) is 12.9. The van der Waals surface area contributed by atoms with Gasteiger partial charge in [-0.15, -0.1) is 0 Å². The summed E-state index contributed by atoms with van der Waals surface area (Å²) in [5.74, 6) is -0.373. The van der Waals surface area contributed by atoms with Crippen LogP contribution in [0, 0.1) is 0 Å². The largest absolute Gasteiger partial charge is 0.494 e. The smallest absolute Gasteiger partial charge is 0.269 e. The number of nitrogens with zero attached hydrogens (tertiary/aromatic N) is 1. The molecule has 0 atom stereocenters. The first kappa shape index (κ1) is 17.9. The van der Waals surface area contributed by atoms with Gasteiger partial charge < -0.3 is 10.1 Å². The van der Waals surface area contributed by atoms with E-state index in [9.17, 15) is 18.0 Å². The van der Waals surface area contributed by atoms with Crippen molar-refractivity contribution in [3.63, 3.8) is 0 Å². The molecule has 0 saturated heterocycles. The molecule has 26 heavy (non-hydrogen) atoms. The van der Waals surface area contributed by atoms with Crippen molar-refractivity contribution >= 4 is 27.5 Å². The van der Waals surface area contributed by atoms with Crippen molar-refractivity contribution in [1.82, 2.24) is 4.31 Å². The van der Waals surface area contributed by atoms with Crippen LogP contribution in [-0.4, -0.2) is 37.7 Å². The lowest BCUT2D eigenvalue weighted by molar-refractivity contribution is -0.116. The fourth-order valence-corrected chi connectivity index (χ4v) is 4.28. The molecule has 0 spiro atoms. The number of sulfonamides is 1. The van der Waals surface area contributed by atoms with Crippen molar-refractivity contribution < 1.29 is 22.7 Å². The number of ether oxygens (including phenoxy) is 1. The highest BCUT2D eigenvalue weighted by Crippen LogP contribution is 2.29. The molecule has 8 heteroatoms. The number of hydrogen-bond donors (Lipinski definition) is 1. The average Bonchev–Trinajstić information content (AvgIpc) is 2.80. The van der Waals surface area contributed by atoms with Gasteiger partial charge >= 0.3 is 0 Å². The molecule has 1 N–H and O–H groups in total. The molecule has 3 rings (SSSR count). The van der Waals surface area contributed by atoms with Gasteiger partial charge in [0.1, 0.15) is 10.6 Å². The molecule has 2 aromatic rings. The van der Waals surface area contributed by atoms with E-state index in [0.717, 1.165) is 4.31 Å². The van der Waals surface area contributed by atoms with Crippen LogP contribution in [0.4, 0.5) is 5.69 Å². The zero-order valence-corrected chi connectivity index (χ0v) is 15.0. The van der Waals surface area contributed by atoms with Crippen molar-refractivity contribution in [1.29, 1.82) is 0 Å². The van der Waals surface area contributed by atoms with Gasteiger partial charge in [0, 0.05) is 24.7 Å². The highest BCUT2D eigenvalue weighted by molar-refractivity contribution is 7.90. The minimum Gasteiger partial charge on any atom is -0.494 e. The summed E-state index contributed by atoms with van der Waals surface area (Å²) in [6.45, 7) is 2.15. The van der Waals surface area contributed by atoms with E-state index >= 15 is 0 Å². The third kappa shape index (κ3) is 3.41. The fraction of sp³-hybridized carbons (Fsp3) is 0.222. The summed E-state index contributed by atoms with van der Waals surface area (Å²) >= 11 is 0. The standard InChI is InChI=1S/C18H18N2O5S/c1-2-25-14-7-5-6-13(12-14)19-17(21)10-11-20-18(22)15-8-3-4-9-16(15)26(20,23)24/h3-9,12H,2,10-11H2,1H3,(H,19,21). The maximum absolute atomic E-state index is 12.4. The Morgan fingerprint density at radius 2 is 1.92 bits per heavy atom. The van der Waals surface area contributed by atoms with Crippen LogP contribution in [0.3, 0.4) is 0 Å². The molecule has 0 radical (unpaired) electrons. The normalized spacial score (nSPS) is 14.8. The molecule has 0 saturated carbocycles. The summed E-state index contributed by atoms with van der Waals surface area (Å²) in [7, 11) is -3.89. The van der Waals surface area contributed by atoms with E-state index in [1.807, 2.05) is 6.92 Å². The molecule has 2 amide bonds. The molecule has 0 bridgehead atoms. The minimum atomic E-state index is -3.89. The SMILES string of the molecule is CCOc1cccc(NC(=O)CCN2C(=O)c3ccccc3S2(=O)=O)c1. The Labute approximate surface area is 151 Å². The molecule has 0 unspecified atom stereocenters. The Morgan fingerprint density at radius 1 is 1.15 bits per heavy atom. The third-order valence-electron chi connectivity index (χ3n) is 3.88. The Kier molecular flexibility index (Phi) is 4.94. The number of benzene rings is 2. The Bertz CT molecular complexity index is 956. The lowest BCUT2D eigenvalue weighted by Gasteiger charge is -2.15. The van der Waals surface area contributed by atoms with E-state index < -0.39 is 21.8 Å². The summed E-state index contributed by atoms with van der Waals surface area (Å²) in [4.78, 5) is 24.4. The van der Waals surface area contributed by atoms with Gasteiger partial charge in [-0.05, 0) is 31.2 Å². The van der Waals surface area contributed by atoms with Gasteiger partial charge in [0.25, 0.3) is 15.9 Å². The van der Waals surface area contributed by atoms with Gasteiger partial charge in [0.05, 0.1) is 12.2 Å². The maximum Gasteiger partial charge on any atom is 0.269 e. The van der Waals surface area contributed by atoms with Crippen LogP contribution in [-0.2, 0) is 14.8 Å². The van der Waals surface area contributed by atoms with Crippen molar-refractivity contribution in [2.75, 3.05) is 18.5 Å². The Morgan fingerprint density at radius 3 is 2.65 bits per heavy atom. The van der Waals surface area contributed by atoms with Gasteiger partial charge in [-0.2, -0.15) is 0 Å². The first-order chi connectivity index (χ1) is 12.4. The molecule has 0 aromatic heterocycles. The molecular weight excluding hydrogens is 356 g/mol. The van der Waals surface area contributed by atoms with Crippen LogP contribution in [0.25, 0.3) is 0 Å². The van der Waals surface area contributed by atoms with E-state index in [0.29, 0.717) is 18.0 Å². The molecule has 0 aliphatic carbocycles. The second kappa shape index (κ2) is 7.17. The third-order valence-corrected chi connectivity index (χ3v) is 5.72. The Hall–Kier alpha value is -2.87. The van der Waals surface area contributed by atoms with Crippen molar-refractivity contribution in [2.45, 2.75) is 18.2 Å². The monoisotopic (exact) mass is 374 g/mol. The molecule has 136 valence electrons. The van der Waals surface area contributed by atoms with Gasteiger partial charge in [0.15, 0.2) is 0 Å². The van der Waals surface area contributed by atoms with Gasteiger partial charge in [-0.25, -0.2) is 12.7 Å². The average molecular weight is 374 g/mol. The predicted molar refractivity (Wildman–Crippen MR) is 95.5 cm³/mol. The Balaban J connectivity index is 1.65. The number of rotatable bonds is 6. The van der Waals surface area contributed by atoms with E-state index in [1.54, 1.807) is 36.4 Å². The molecule has 0 fully saturated rings. The van der Waals surface area contributed by atoms with E-state index in [2.05, 4.69) is 5.32 Å². The molecular formula is C18H18N2O5S. The second-order valence-electron chi connectivity index (χ2n) is 5.64. The number of amides is 2. The molecule has 1 aliphatic rings.